The number of carbonyl (C=O) groups is 2. The minimum absolute atomic E-state index is 0.0209. The molecule has 3 aromatic carbocycles. The quantitative estimate of drug-likeness (QED) is 0.241. The van der Waals surface area contributed by atoms with Crippen LogP contribution in [0.3, 0.4) is 0 Å². The van der Waals surface area contributed by atoms with Gasteiger partial charge in [0.2, 0.25) is 5.91 Å². The van der Waals surface area contributed by atoms with Crippen molar-refractivity contribution in [2.24, 2.45) is 0 Å². The van der Waals surface area contributed by atoms with Gasteiger partial charge in [-0.05, 0) is 49.1 Å². The molecule has 9 nitrogen and oxygen atoms in total. The molecule has 1 aliphatic rings. The maximum Gasteiger partial charge on any atom is 0.416 e. The summed E-state index contributed by atoms with van der Waals surface area (Å²) in [5, 5.41) is 25.6. The molecule has 5 rings (SSSR count). The number of aryl methyl sites for hydroxylation is 1. The minimum Gasteiger partial charge on any atom is -0.390 e. The largest absolute Gasteiger partial charge is 0.416 e. The van der Waals surface area contributed by atoms with E-state index in [0.29, 0.717) is 60.2 Å². The molecule has 1 aromatic heterocycles. The zero-order chi connectivity index (χ0) is 30.6. The van der Waals surface area contributed by atoms with Gasteiger partial charge in [-0.25, -0.2) is 4.68 Å². The van der Waals surface area contributed by atoms with Crippen LogP contribution in [0, 0.1) is 0 Å². The van der Waals surface area contributed by atoms with Crippen LogP contribution >= 0.6 is 0 Å². The Hall–Kier alpha value is -4.29. The van der Waals surface area contributed by atoms with Crippen molar-refractivity contribution in [2.75, 3.05) is 18.0 Å². The summed E-state index contributed by atoms with van der Waals surface area (Å²) in [5.74, 6) is -0.495. The van der Waals surface area contributed by atoms with Crippen LogP contribution in [0.2, 0.25) is 0 Å². The van der Waals surface area contributed by atoms with E-state index in [-0.39, 0.29) is 19.0 Å². The molecule has 2 amide bonds. The number of anilines is 1. The number of hydrogen-bond donors (Lipinski definition) is 3. The van der Waals surface area contributed by atoms with Gasteiger partial charge in [-0.3, -0.25) is 9.59 Å². The Labute approximate surface area is 246 Å². The molecule has 2 heterocycles. The lowest BCUT2D eigenvalue weighted by Crippen LogP contribution is -2.48. The summed E-state index contributed by atoms with van der Waals surface area (Å²) in [6.45, 7) is 3.06. The van der Waals surface area contributed by atoms with Crippen molar-refractivity contribution >= 4 is 28.5 Å². The van der Waals surface area contributed by atoms with Crippen molar-refractivity contribution in [3.05, 3.63) is 89.0 Å². The van der Waals surface area contributed by atoms with Gasteiger partial charge in [0.1, 0.15) is 5.52 Å². The van der Waals surface area contributed by atoms with E-state index in [0.717, 1.165) is 17.7 Å². The van der Waals surface area contributed by atoms with Crippen molar-refractivity contribution < 1.29 is 27.9 Å². The summed E-state index contributed by atoms with van der Waals surface area (Å²) >= 11 is 0. The molecule has 3 N–H and O–H groups in total. The number of nitrogens with zero attached hydrogens (tertiary/aromatic N) is 4. The van der Waals surface area contributed by atoms with Crippen molar-refractivity contribution in [1.82, 2.24) is 25.6 Å². The normalized spacial score (nSPS) is 15.2. The molecule has 0 saturated carbocycles. The van der Waals surface area contributed by atoms with Gasteiger partial charge in [-0.1, -0.05) is 53.7 Å². The first-order valence-corrected chi connectivity index (χ1v) is 14.2. The van der Waals surface area contributed by atoms with E-state index >= 15 is 0 Å². The molecular formula is C31H33F3N6O3. The Kier molecular flexibility index (Phi) is 9.07. The Morgan fingerprint density at radius 1 is 1.07 bits per heavy atom. The number of rotatable bonds is 11. The van der Waals surface area contributed by atoms with Gasteiger partial charge < -0.3 is 20.6 Å². The van der Waals surface area contributed by atoms with E-state index in [1.165, 1.54) is 6.07 Å². The summed E-state index contributed by atoms with van der Waals surface area (Å²) < 4.78 is 41.0. The second-order valence-corrected chi connectivity index (χ2v) is 10.6. The monoisotopic (exact) mass is 594 g/mol. The molecule has 0 aliphatic carbocycles. The van der Waals surface area contributed by atoms with Gasteiger partial charge in [0.25, 0.3) is 5.91 Å². The minimum atomic E-state index is -4.45. The highest BCUT2D eigenvalue weighted by atomic mass is 19.4. The van der Waals surface area contributed by atoms with Crippen LogP contribution in [0.15, 0.2) is 66.7 Å². The zero-order valence-corrected chi connectivity index (χ0v) is 23.6. The fraction of sp³-hybridized carbons (Fsp3) is 0.355. The highest BCUT2D eigenvalue weighted by Crippen LogP contribution is 2.31. The Morgan fingerprint density at radius 3 is 2.53 bits per heavy atom. The van der Waals surface area contributed by atoms with Gasteiger partial charge in [0.05, 0.1) is 28.9 Å². The van der Waals surface area contributed by atoms with Crippen molar-refractivity contribution in [2.45, 2.75) is 57.6 Å². The smallest absolute Gasteiger partial charge is 0.390 e. The Bertz CT molecular complexity index is 1590. The third-order valence-corrected chi connectivity index (χ3v) is 7.54. The number of carbonyl (C=O) groups excluding carboxylic acids is 2. The molecule has 1 aliphatic heterocycles. The SMILES string of the molecule is CCn1nnc2c(N3CCCC3=O)cc(C(=O)N[C@@H](Cc3ccccc3)[C@@H](O)CNCc3cccc(C(F)(F)F)c3)cc21. The van der Waals surface area contributed by atoms with E-state index in [2.05, 4.69) is 20.9 Å². The number of aliphatic hydroxyl groups excluding tert-OH is 1. The summed E-state index contributed by atoms with van der Waals surface area (Å²) in [4.78, 5) is 27.9. The number of hydrogen-bond acceptors (Lipinski definition) is 6. The van der Waals surface area contributed by atoms with Crippen LogP contribution in [0.5, 0.6) is 0 Å². The summed E-state index contributed by atoms with van der Waals surface area (Å²) in [5.41, 5.74) is 2.53. The first-order valence-electron chi connectivity index (χ1n) is 14.2. The van der Waals surface area contributed by atoms with E-state index in [1.54, 1.807) is 27.8 Å². The standard InChI is InChI=1S/C31H33F3N6O3/c1-2-40-26-17-22(16-25(29(26)37-38-40)39-13-7-12-28(39)42)30(43)36-24(15-20-8-4-3-5-9-20)27(41)19-35-18-21-10-6-11-23(14-21)31(32,33)34/h3-6,8-11,14,16-17,24,27,35,41H,2,7,12-13,15,18-19H2,1H3,(H,36,43)/t24-,27-/m0/s1. The van der Waals surface area contributed by atoms with E-state index in [1.807, 2.05) is 37.3 Å². The number of halogens is 3. The fourth-order valence-corrected chi connectivity index (χ4v) is 5.29. The van der Waals surface area contributed by atoms with Crippen LogP contribution in [-0.2, 0) is 30.5 Å². The number of fused-ring (bicyclic) bond motifs is 1. The maximum atomic E-state index is 13.7. The molecular weight excluding hydrogens is 561 g/mol. The van der Waals surface area contributed by atoms with Crippen LogP contribution in [0.4, 0.5) is 18.9 Å². The lowest BCUT2D eigenvalue weighted by molar-refractivity contribution is -0.137. The Morgan fingerprint density at radius 2 is 1.84 bits per heavy atom. The average molecular weight is 595 g/mol. The first kappa shape index (κ1) is 30.2. The van der Waals surface area contributed by atoms with Crippen molar-refractivity contribution in [3.8, 4) is 0 Å². The van der Waals surface area contributed by atoms with Gasteiger partial charge in [0, 0.05) is 38.2 Å². The molecule has 1 fully saturated rings. The topological polar surface area (TPSA) is 112 Å². The Balaban J connectivity index is 1.36. The van der Waals surface area contributed by atoms with Crippen LogP contribution in [-0.4, -0.2) is 57.2 Å². The molecule has 12 heteroatoms. The summed E-state index contributed by atoms with van der Waals surface area (Å²) in [7, 11) is 0. The predicted molar refractivity (Wildman–Crippen MR) is 155 cm³/mol. The van der Waals surface area contributed by atoms with Gasteiger partial charge in [-0.15, -0.1) is 5.10 Å². The van der Waals surface area contributed by atoms with Crippen molar-refractivity contribution in [1.29, 1.82) is 0 Å². The molecule has 0 spiro atoms. The second kappa shape index (κ2) is 12.9. The highest BCUT2D eigenvalue weighted by Gasteiger charge is 2.31. The maximum absolute atomic E-state index is 13.7. The fourth-order valence-electron chi connectivity index (χ4n) is 5.29. The van der Waals surface area contributed by atoms with Gasteiger partial charge in [0.15, 0.2) is 0 Å². The lowest BCUT2D eigenvalue weighted by Gasteiger charge is -2.25. The van der Waals surface area contributed by atoms with Gasteiger partial charge >= 0.3 is 6.18 Å². The lowest BCUT2D eigenvalue weighted by atomic mass is 10.00. The van der Waals surface area contributed by atoms with Gasteiger partial charge in [-0.2, -0.15) is 13.2 Å². The summed E-state index contributed by atoms with van der Waals surface area (Å²) in [6, 6.07) is 16.9. The number of aliphatic hydroxyl groups is 1. The third-order valence-electron chi connectivity index (χ3n) is 7.54. The van der Waals surface area contributed by atoms with Crippen LogP contribution in [0.25, 0.3) is 11.0 Å². The number of aromatic nitrogens is 3. The zero-order valence-electron chi connectivity index (χ0n) is 23.6. The second-order valence-electron chi connectivity index (χ2n) is 10.6. The van der Waals surface area contributed by atoms with Crippen LogP contribution < -0.4 is 15.5 Å². The number of amides is 2. The molecule has 226 valence electrons. The number of benzene rings is 3. The molecule has 1 saturated heterocycles. The molecule has 0 radical (unpaired) electrons. The molecule has 4 aromatic rings. The van der Waals surface area contributed by atoms with Crippen LogP contribution in [0.1, 0.15) is 46.8 Å². The molecule has 0 bridgehead atoms. The number of alkyl halides is 3. The molecule has 2 atom stereocenters. The third kappa shape index (κ3) is 7.03. The summed E-state index contributed by atoms with van der Waals surface area (Å²) in [6.07, 6.45) is -4.08. The van der Waals surface area contributed by atoms with E-state index in [9.17, 15) is 27.9 Å². The molecule has 0 unspecified atom stereocenters. The average Bonchev–Trinajstić information content (AvgIpc) is 3.62. The highest BCUT2D eigenvalue weighted by molar-refractivity contribution is 6.06. The van der Waals surface area contributed by atoms with E-state index in [4.69, 9.17) is 0 Å². The predicted octanol–water partition coefficient (Wildman–Crippen LogP) is 4.09. The molecule has 43 heavy (non-hydrogen) atoms. The van der Waals surface area contributed by atoms with E-state index < -0.39 is 29.8 Å². The first-order chi connectivity index (χ1) is 20.6. The van der Waals surface area contributed by atoms with Crippen molar-refractivity contribution in [3.63, 3.8) is 0 Å². The number of nitrogens with one attached hydrogen (secondary N) is 2.